The van der Waals surface area contributed by atoms with Crippen molar-refractivity contribution in [2.24, 2.45) is 11.8 Å². The molecule has 2 amide bonds. The number of methoxy groups -OCH3 is 1. The summed E-state index contributed by atoms with van der Waals surface area (Å²) >= 11 is 0. The maximum absolute atomic E-state index is 14.0. The van der Waals surface area contributed by atoms with E-state index in [2.05, 4.69) is 10.6 Å². The second-order valence-electron chi connectivity index (χ2n) is 9.98. The molecule has 1 unspecified atom stereocenters. The predicted molar refractivity (Wildman–Crippen MR) is 133 cm³/mol. The highest BCUT2D eigenvalue weighted by Gasteiger charge is 2.32. The number of hydrogen-bond donors (Lipinski definition) is 2. The topological polar surface area (TPSA) is 62.8 Å². The zero-order valence-corrected chi connectivity index (χ0v) is 21.1. The summed E-state index contributed by atoms with van der Waals surface area (Å²) in [5.41, 5.74) is 0.843. The highest BCUT2D eigenvalue weighted by molar-refractivity contribution is 5.74. The Kier molecular flexibility index (Phi) is 11.6. The van der Waals surface area contributed by atoms with E-state index in [1.807, 2.05) is 18.0 Å². The van der Waals surface area contributed by atoms with Gasteiger partial charge in [-0.25, -0.2) is 9.18 Å². The molecule has 1 saturated carbocycles. The van der Waals surface area contributed by atoms with E-state index in [1.165, 1.54) is 38.2 Å². The summed E-state index contributed by atoms with van der Waals surface area (Å²) in [6, 6.07) is 6.84. The average molecular weight is 478 g/mol. The van der Waals surface area contributed by atoms with Crippen molar-refractivity contribution in [1.29, 1.82) is 0 Å². The average Bonchev–Trinajstić information content (AvgIpc) is 2.85. The van der Waals surface area contributed by atoms with Gasteiger partial charge in [-0.1, -0.05) is 44.2 Å². The van der Waals surface area contributed by atoms with E-state index in [0.717, 1.165) is 44.3 Å². The lowest BCUT2D eigenvalue weighted by Gasteiger charge is -2.38. The monoisotopic (exact) mass is 477 g/mol. The lowest BCUT2D eigenvalue weighted by molar-refractivity contribution is -0.0169. The molecular weight excluding hydrogens is 433 g/mol. The van der Waals surface area contributed by atoms with Crippen molar-refractivity contribution in [2.45, 2.75) is 69.9 Å². The van der Waals surface area contributed by atoms with Crippen LogP contribution in [0.5, 0.6) is 0 Å². The molecule has 3 rings (SSSR count). The maximum atomic E-state index is 14.0. The number of ether oxygens (including phenoxy) is 2. The normalized spacial score (nSPS) is 21.3. The van der Waals surface area contributed by atoms with E-state index < -0.39 is 0 Å². The number of carbonyl (C=O) groups is 1. The predicted octanol–water partition coefficient (Wildman–Crippen LogP) is 4.90. The number of halogens is 1. The minimum Gasteiger partial charge on any atom is -0.385 e. The van der Waals surface area contributed by atoms with E-state index in [0.29, 0.717) is 25.7 Å². The van der Waals surface area contributed by atoms with Gasteiger partial charge in [0, 0.05) is 51.9 Å². The molecule has 3 atom stereocenters. The van der Waals surface area contributed by atoms with Crippen LogP contribution < -0.4 is 10.6 Å². The number of urea groups is 1. The first kappa shape index (κ1) is 26.9. The summed E-state index contributed by atoms with van der Waals surface area (Å²) in [6.45, 7) is 3.32. The minimum atomic E-state index is -0.258. The summed E-state index contributed by atoms with van der Waals surface area (Å²) in [4.78, 5) is 15.2. The number of piperidine rings is 1. The number of nitrogens with one attached hydrogen (secondary N) is 2. The van der Waals surface area contributed by atoms with E-state index in [1.54, 1.807) is 19.2 Å². The molecule has 1 aromatic rings. The van der Waals surface area contributed by atoms with Crippen molar-refractivity contribution in [3.8, 4) is 0 Å². The zero-order valence-electron chi connectivity index (χ0n) is 21.1. The van der Waals surface area contributed by atoms with Gasteiger partial charge < -0.3 is 25.0 Å². The Balaban J connectivity index is 1.62. The van der Waals surface area contributed by atoms with E-state index >= 15 is 0 Å². The Hall–Kier alpha value is -1.70. The molecule has 192 valence electrons. The van der Waals surface area contributed by atoms with Crippen molar-refractivity contribution in [1.82, 2.24) is 15.5 Å². The number of likely N-dealkylation sites (tertiary alicyclic amines) is 1. The highest BCUT2D eigenvalue weighted by Crippen LogP contribution is 2.33. The largest absolute Gasteiger partial charge is 0.385 e. The van der Waals surface area contributed by atoms with Gasteiger partial charge in [-0.3, -0.25) is 0 Å². The van der Waals surface area contributed by atoms with Gasteiger partial charge in [0.25, 0.3) is 0 Å². The number of hydrogen-bond acceptors (Lipinski definition) is 4. The van der Waals surface area contributed by atoms with Gasteiger partial charge in [0.1, 0.15) is 5.82 Å². The molecule has 0 aromatic heterocycles. The molecule has 7 heteroatoms. The fraction of sp³-hybridized carbons (Fsp3) is 0.741. The Bertz CT molecular complexity index is 729. The first-order chi connectivity index (χ1) is 16.6. The summed E-state index contributed by atoms with van der Waals surface area (Å²) in [5.74, 6) is 0.579. The molecule has 0 spiro atoms. The number of amides is 2. The molecule has 1 saturated heterocycles. The van der Waals surface area contributed by atoms with E-state index in [9.17, 15) is 9.18 Å². The number of carbonyl (C=O) groups excluding carboxylic acids is 1. The van der Waals surface area contributed by atoms with Crippen molar-refractivity contribution < 1.29 is 18.7 Å². The van der Waals surface area contributed by atoms with Crippen molar-refractivity contribution in [2.75, 3.05) is 47.0 Å². The molecule has 2 aliphatic rings. The molecule has 1 aliphatic heterocycles. The number of benzene rings is 1. The van der Waals surface area contributed by atoms with E-state index in [4.69, 9.17) is 9.47 Å². The molecule has 1 aliphatic carbocycles. The fourth-order valence-electron chi connectivity index (χ4n) is 5.57. The molecule has 2 fully saturated rings. The molecule has 6 nitrogen and oxygen atoms in total. The molecule has 34 heavy (non-hydrogen) atoms. The highest BCUT2D eigenvalue weighted by atomic mass is 19.1. The van der Waals surface area contributed by atoms with Gasteiger partial charge >= 0.3 is 6.03 Å². The SMILES string of the molecule is CNC[C@H](CC1CCCCC1)NC(=O)N1CCC[C@@H](C(OCCCOC)c2cccc(F)c2)C1. The van der Waals surface area contributed by atoms with Gasteiger partial charge in [-0.2, -0.15) is 0 Å². The summed E-state index contributed by atoms with van der Waals surface area (Å²) < 4.78 is 25.4. The molecule has 1 aromatic carbocycles. The van der Waals surface area contributed by atoms with E-state index in [-0.39, 0.29) is 29.9 Å². The van der Waals surface area contributed by atoms with Crippen LogP contribution >= 0.6 is 0 Å². The van der Waals surface area contributed by atoms with Crippen LogP contribution in [0, 0.1) is 17.7 Å². The lowest BCUT2D eigenvalue weighted by atomic mass is 9.85. The Morgan fingerprint density at radius 3 is 2.74 bits per heavy atom. The van der Waals surface area contributed by atoms with Crippen LogP contribution in [0.4, 0.5) is 9.18 Å². The minimum absolute atomic E-state index is 0.0122. The molecular formula is C27H44FN3O3. The van der Waals surface area contributed by atoms with Gasteiger partial charge in [0.15, 0.2) is 0 Å². The van der Waals surface area contributed by atoms with Crippen LogP contribution in [0.1, 0.15) is 69.5 Å². The summed E-state index contributed by atoms with van der Waals surface area (Å²) in [6.07, 6.45) is 9.98. The maximum Gasteiger partial charge on any atom is 0.317 e. The van der Waals surface area contributed by atoms with Crippen molar-refractivity contribution >= 4 is 6.03 Å². The summed E-state index contributed by atoms with van der Waals surface area (Å²) in [7, 11) is 3.62. The smallest absolute Gasteiger partial charge is 0.317 e. The standard InChI is InChI=1S/C27H44FN3O3/c1-29-19-25(17-21-9-4-3-5-10-21)30-27(32)31-14-7-12-23(20-31)26(34-16-8-15-33-2)22-11-6-13-24(28)18-22/h6,11,13,18,21,23,25-26,29H,3-5,7-10,12,14-17,19-20H2,1-2H3,(H,30,32)/t23-,25+,26?/m1/s1. The Morgan fingerprint density at radius 1 is 1.18 bits per heavy atom. The number of rotatable bonds is 12. The first-order valence-electron chi connectivity index (χ1n) is 13.2. The van der Waals surface area contributed by atoms with Crippen LogP contribution in [0.2, 0.25) is 0 Å². The Morgan fingerprint density at radius 2 is 2.00 bits per heavy atom. The second kappa shape index (κ2) is 14.6. The first-order valence-corrected chi connectivity index (χ1v) is 13.2. The van der Waals surface area contributed by atoms with Gasteiger partial charge in [-0.05, 0) is 56.3 Å². The molecule has 2 N–H and O–H groups in total. The van der Waals surface area contributed by atoms with Crippen LogP contribution in [0.3, 0.4) is 0 Å². The van der Waals surface area contributed by atoms with Crippen LogP contribution in [0.25, 0.3) is 0 Å². The molecule has 1 heterocycles. The Labute approximate surface area is 204 Å². The number of nitrogens with zero attached hydrogens (tertiary/aromatic N) is 1. The van der Waals surface area contributed by atoms with Crippen LogP contribution in [-0.4, -0.2) is 64.0 Å². The van der Waals surface area contributed by atoms with Gasteiger partial charge in [0.05, 0.1) is 6.10 Å². The lowest BCUT2D eigenvalue weighted by Crippen LogP contribution is -2.52. The third-order valence-corrected chi connectivity index (χ3v) is 7.26. The number of likely N-dealkylation sites (N-methyl/N-ethyl adjacent to an activating group) is 1. The van der Waals surface area contributed by atoms with Crippen LogP contribution in [-0.2, 0) is 9.47 Å². The quantitative estimate of drug-likeness (QED) is 0.421. The van der Waals surface area contributed by atoms with Crippen LogP contribution in [0.15, 0.2) is 24.3 Å². The second-order valence-corrected chi connectivity index (χ2v) is 9.98. The summed E-state index contributed by atoms with van der Waals surface area (Å²) in [5, 5.41) is 6.56. The third kappa shape index (κ3) is 8.51. The van der Waals surface area contributed by atoms with Crippen molar-refractivity contribution in [3.63, 3.8) is 0 Å². The fourth-order valence-corrected chi connectivity index (χ4v) is 5.57. The zero-order chi connectivity index (χ0) is 24.2. The van der Waals surface area contributed by atoms with Crippen molar-refractivity contribution in [3.05, 3.63) is 35.6 Å². The molecule has 0 bridgehead atoms. The van der Waals surface area contributed by atoms with Gasteiger partial charge in [0.2, 0.25) is 0 Å². The third-order valence-electron chi connectivity index (χ3n) is 7.26. The van der Waals surface area contributed by atoms with Gasteiger partial charge in [-0.15, -0.1) is 0 Å². The molecule has 0 radical (unpaired) electrons.